The van der Waals surface area contributed by atoms with Crippen LogP contribution in [0, 0.1) is 34.5 Å². The Morgan fingerprint density at radius 1 is 0.675 bits per heavy atom. The molecule has 14 heteroatoms. The smallest absolute Gasteiger partial charge is 0.327 e. The normalized spacial score (nSPS) is 32.8. The summed E-state index contributed by atoms with van der Waals surface area (Å²) < 4.78 is 9.39. The molecular formula is C26H24N2O12. The van der Waals surface area contributed by atoms with Gasteiger partial charge in [-0.25, -0.2) is 0 Å². The predicted molar refractivity (Wildman–Crippen MR) is 128 cm³/mol. The van der Waals surface area contributed by atoms with Crippen LogP contribution in [0.5, 0.6) is 0 Å². The van der Waals surface area contributed by atoms with Crippen molar-refractivity contribution in [2.24, 2.45) is 34.5 Å². The average molecular weight is 556 g/mol. The molecule has 4 aliphatic rings. The molecule has 14 nitrogen and oxygen atoms in total. The molecule has 2 heterocycles. The van der Waals surface area contributed by atoms with Crippen molar-refractivity contribution in [2.75, 3.05) is 10.6 Å². The van der Waals surface area contributed by atoms with Gasteiger partial charge in [0, 0.05) is 11.4 Å². The van der Waals surface area contributed by atoms with Gasteiger partial charge in [-0.3, -0.25) is 38.4 Å². The van der Waals surface area contributed by atoms with E-state index in [-0.39, 0.29) is 37.1 Å². The average Bonchev–Trinajstić information content (AvgIpc) is 3.62. The predicted octanol–water partition coefficient (Wildman–Crippen LogP) is 0.705. The summed E-state index contributed by atoms with van der Waals surface area (Å²) in [4.78, 5) is 99.6. The number of cyclic esters (lactones) is 4. The number of aliphatic carboxylic acids is 2. The van der Waals surface area contributed by atoms with Gasteiger partial charge < -0.3 is 30.3 Å². The lowest BCUT2D eigenvalue weighted by Gasteiger charge is -2.28. The highest BCUT2D eigenvalue weighted by Gasteiger charge is 2.69. The number of ether oxygens (including phenoxy) is 2. The molecule has 2 saturated carbocycles. The molecule has 2 amide bonds. The zero-order valence-corrected chi connectivity index (χ0v) is 20.8. The number of amides is 2. The van der Waals surface area contributed by atoms with Gasteiger partial charge in [-0.2, -0.15) is 0 Å². The van der Waals surface area contributed by atoms with E-state index >= 15 is 0 Å². The Kier molecular flexibility index (Phi) is 6.43. The number of hydrogen-bond donors (Lipinski definition) is 4. The van der Waals surface area contributed by atoms with Gasteiger partial charge in [0.05, 0.1) is 11.8 Å². The lowest BCUT2D eigenvalue weighted by Crippen LogP contribution is -2.46. The molecule has 0 bridgehead atoms. The number of carboxylic acids is 2. The van der Waals surface area contributed by atoms with Crippen molar-refractivity contribution in [3.05, 3.63) is 24.3 Å². The Morgan fingerprint density at radius 3 is 1.35 bits per heavy atom. The van der Waals surface area contributed by atoms with Crippen LogP contribution in [-0.4, -0.2) is 57.8 Å². The molecule has 0 radical (unpaired) electrons. The highest BCUT2D eigenvalue weighted by atomic mass is 16.6. The SMILES string of the molecule is O=C(O)C1CCCC12C(=O)OC(=O)C2C(=O)Nc1ccc(NC(=O)C2C(=O)OC(=O)C23CCCC3C(=O)O)cc1. The second kappa shape index (κ2) is 9.54. The zero-order chi connectivity index (χ0) is 29.0. The third-order valence-corrected chi connectivity index (χ3v) is 8.60. The molecule has 2 aliphatic carbocycles. The molecule has 210 valence electrons. The van der Waals surface area contributed by atoms with Crippen molar-refractivity contribution >= 4 is 59.0 Å². The topological polar surface area (TPSA) is 220 Å². The van der Waals surface area contributed by atoms with E-state index in [2.05, 4.69) is 10.6 Å². The van der Waals surface area contributed by atoms with Gasteiger partial charge in [-0.15, -0.1) is 0 Å². The first-order chi connectivity index (χ1) is 18.9. The van der Waals surface area contributed by atoms with Crippen LogP contribution in [-0.2, 0) is 47.8 Å². The summed E-state index contributed by atoms with van der Waals surface area (Å²) in [7, 11) is 0. The van der Waals surface area contributed by atoms with Crippen molar-refractivity contribution in [3.63, 3.8) is 0 Å². The van der Waals surface area contributed by atoms with E-state index in [0.29, 0.717) is 12.8 Å². The van der Waals surface area contributed by atoms with E-state index in [4.69, 9.17) is 9.47 Å². The summed E-state index contributed by atoms with van der Waals surface area (Å²) in [6.45, 7) is 0. The van der Waals surface area contributed by atoms with Crippen molar-refractivity contribution < 1.29 is 58.0 Å². The Bertz CT molecular complexity index is 1270. The van der Waals surface area contributed by atoms with Crippen LogP contribution in [0.15, 0.2) is 24.3 Å². The minimum Gasteiger partial charge on any atom is -0.481 e. The number of carbonyl (C=O) groups excluding carboxylic acids is 6. The molecule has 2 aliphatic heterocycles. The minimum absolute atomic E-state index is 0.00786. The quantitative estimate of drug-likeness (QED) is 0.281. The molecule has 4 N–H and O–H groups in total. The fourth-order valence-electron chi connectivity index (χ4n) is 6.82. The van der Waals surface area contributed by atoms with Gasteiger partial charge in [-0.1, -0.05) is 12.8 Å². The lowest BCUT2D eigenvalue weighted by atomic mass is 9.69. The van der Waals surface area contributed by atoms with E-state index < -0.39 is 82.1 Å². The van der Waals surface area contributed by atoms with Crippen molar-refractivity contribution in [1.29, 1.82) is 0 Å². The van der Waals surface area contributed by atoms with Crippen LogP contribution in [0.4, 0.5) is 11.4 Å². The van der Waals surface area contributed by atoms with E-state index in [1.54, 1.807) is 0 Å². The van der Waals surface area contributed by atoms with Crippen LogP contribution in [0.1, 0.15) is 38.5 Å². The third kappa shape index (κ3) is 3.85. The molecule has 0 aromatic heterocycles. The first kappa shape index (κ1) is 27.0. The number of benzene rings is 1. The molecule has 1 aromatic carbocycles. The largest absolute Gasteiger partial charge is 0.481 e. The highest BCUT2D eigenvalue weighted by molar-refractivity contribution is 6.17. The molecule has 6 unspecified atom stereocenters. The van der Waals surface area contributed by atoms with Crippen molar-refractivity contribution in [3.8, 4) is 0 Å². The number of hydrogen-bond acceptors (Lipinski definition) is 10. The molecule has 40 heavy (non-hydrogen) atoms. The lowest BCUT2D eigenvalue weighted by molar-refractivity contribution is -0.160. The Hall–Kier alpha value is -4.62. The second-order valence-corrected chi connectivity index (χ2v) is 10.5. The van der Waals surface area contributed by atoms with E-state index in [1.165, 1.54) is 24.3 Å². The van der Waals surface area contributed by atoms with Gasteiger partial charge in [-0.05, 0) is 49.9 Å². The maximum atomic E-state index is 13.1. The Morgan fingerprint density at radius 2 is 1.02 bits per heavy atom. The zero-order valence-electron chi connectivity index (χ0n) is 20.8. The summed E-state index contributed by atoms with van der Waals surface area (Å²) in [5.41, 5.74) is -3.30. The van der Waals surface area contributed by atoms with E-state index in [9.17, 15) is 48.6 Å². The Balaban J connectivity index is 1.31. The summed E-state index contributed by atoms with van der Waals surface area (Å²) in [6, 6.07) is 5.37. The highest BCUT2D eigenvalue weighted by Crippen LogP contribution is 2.55. The third-order valence-electron chi connectivity index (χ3n) is 8.60. The summed E-state index contributed by atoms with van der Waals surface area (Å²) in [5, 5.41) is 24.1. The maximum Gasteiger partial charge on any atom is 0.327 e. The van der Waals surface area contributed by atoms with Gasteiger partial charge in [0.1, 0.15) is 10.8 Å². The fourth-order valence-corrected chi connectivity index (χ4v) is 6.82. The number of rotatable bonds is 6. The first-order valence-electron chi connectivity index (χ1n) is 12.6. The van der Waals surface area contributed by atoms with Gasteiger partial charge >= 0.3 is 35.8 Å². The molecular weight excluding hydrogens is 532 g/mol. The Labute approximate surface area is 225 Å². The van der Waals surface area contributed by atoms with Gasteiger partial charge in [0.25, 0.3) is 0 Å². The molecule has 1 aromatic rings. The van der Waals surface area contributed by atoms with Gasteiger partial charge in [0.15, 0.2) is 11.8 Å². The summed E-state index contributed by atoms with van der Waals surface area (Å²) in [6.07, 6.45) is 0.898. The van der Waals surface area contributed by atoms with Crippen LogP contribution < -0.4 is 10.6 Å². The van der Waals surface area contributed by atoms with E-state index in [1.807, 2.05) is 0 Å². The second-order valence-electron chi connectivity index (χ2n) is 10.5. The monoisotopic (exact) mass is 556 g/mol. The van der Waals surface area contributed by atoms with Crippen LogP contribution >= 0.6 is 0 Å². The van der Waals surface area contributed by atoms with Crippen LogP contribution in [0.25, 0.3) is 0 Å². The number of anilines is 2. The van der Waals surface area contributed by atoms with E-state index in [0.717, 1.165) is 0 Å². The van der Waals surface area contributed by atoms with Crippen LogP contribution in [0.3, 0.4) is 0 Å². The standard InChI is InChI=1S/C26H24N2O12/c29-17(15-21(35)39-23(37)25(15)9-1-3-13(25)19(31)32)27-11-5-7-12(8-6-11)28-18(30)16-22(36)40-24(38)26(16)10-2-4-14(26)20(33)34/h5-8,13-16H,1-4,9-10H2,(H,27,29)(H,28,30)(H,31,32)(H,33,34). The maximum absolute atomic E-state index is 13.1. The summed E-state index contributed by atoms with van der Waals surface area (Å²) in [5.74, 6) is -14.6. The van der Waals surface area contributed by atoms with Crippen LogP contribution in [0.2, 0.25) is 0 Å². The van der Waals surface area contributed by atoms with Gasteiger partial charge in [0.2, 0.25) is 11.8 Å². The fraction of sp³-hybridized carbons (Fsp3) is 0.462. The molecule has 6 atom stereocenters. The molecule has 2 spiro atoms. The summed E-state index contributed by atoms with van der Waals surface area (Å²) >= 11 is 0. The first-order valence-corrected chi connectivity index (χ1v) is 12.6. The van der Waals surface area contributed by atoms with Crippen molar-refractivity contribution in [2.45, 2.75) is 38.5 Å². The van der Waals surface area contributed by atoms with Crippen molar-refractivity contribution in [1.82, 2.24) is 0 Å². The number of carbonyl (C=O) groups is 8. The molecule has 2 saturated heterocycles. The number of nitrogens with one attached hydrogen (secondary N) is 2. The number of esters is 4. The minimum atomic E-state index is -1.79. The molecule has 5 rings (SSSR count). The molecule has 4 fully saturated rings. The number of carboxylic acid groups (broad SMARTS) is 2.